The molecule has 4 aromatic rings. The van der Waals surface area contributed by atoms with Crippen molar-refractivity contribution in [1.29, 1.82) is 0 Å². The predicted octanol–water partition coefficient (Wildman–Crippen LogP) is 6.45. The van der Waals surface area contributed by atoms with E-state index in [1.54, 1.807) is 6.08 Å². The normalized spacial score (nSPS) is 15.3. The van der Waals surface area contributed by atoms with E-state index < -0.39 is 5.97 Å². The summed E-state index contributed by atoms with van der Waals surface area (Å²) in [6.45, 7) is 2.06. The quantitative estimate of drug-likeness (QED) is 0.194. The molecule has 3 aromatic carbocycles. The zero-order valence-electron chi connectivity index (χ0n) is 21.9. The van der Waals surface area contributed by atoms with Gasteiger partial charge in [-0.1, -0.05) is 48.5 Å². The van der Waals surface area contributed by atoms with Gasteiger partial charge in [-0.2, -0.15) is 5.10 Å². The summed E-state index contributed by atoms with van der Waals surface area (Å²) in [7, 11) is 2.13. The molecule has 1 fully saturated rings. The van der Waals surface area contributed by atoms with E-state index in [0.29, 0.717) is 29.3 Å². The van der Waals surface area contributed by atoms with Crippen molar-refractivity contribution in [3.8, 4) is 5.75 Å². The van der Waals surface area contributed by atoms with Crippen LogP contribution in [0.2, 0.25) is 0 Å². The molecule has 1 aliphatic rings. The molecule has 1 aliphatic heterocycles. The molecule has 0 spiro atoms. The lowest BCUT2D eigenvalue weighted by molar-refractivity contribution is -0.131. The van der Waals surface area contributed by atoms with E-state index in [4.69, 9.17) is 9.84 Å². The second-order valence-electron chi connectivity index (χ2n) is 10.0. The van der Waals surface area contributed by atoms with Crippen LogP contribution in [0.25, 0.3) is 28.6 Å². The first-order valence-corrected chi connectivity index (χ1v) is 13.2. The van der Waals surface area contributed by atoms with Gasteiger partial charge in [0.05, 0.1) is 17.1 Å². The van der Waals surface area contributed by atoms with Gasteiger partial charge < -0.3 is 14.7 Å². The van der Waals surface area contributed by atoms with Crippen molar-refractivity contribution < 1.29 is 19.0 Å². The molecule has 0 aliphatic carbocycles. The summed E-state index contributed by atoms with van der Waals surface area (Å²) < 4.78 is 21.5. The molecular weight excluding hydrogens is 493 g/mol. The summed E-state index contributed by atoms with van der Waals surface area (Å²) in [4.78, 5) is 13.2. The number of carboxylic acid groups (broad SMARTS) is 1. The molecule has 7 heteroatoms. The Kier molecular flexibility index (Phi) is 8.18. The highest BCUT2D eigenvalue weighted by Gasteiger charge is 2.18. The van der Waals surface area contributed by atoms with Gasteiger partial charge in [0, 0.05) is 19.2 Å². The highest BCUT2D eigenvalue weighted by molar-refractivity contribution is 5.86. The Morgan fingerprint density at radius 2 is 1.90 bits per heavy atom. The monoisotopic (exact) mass is 525 g/mol. The molecular formula is C32H32FN3O3. The van der Waals surface area contributed by atoms with Crippen LogP contribution in [0.15, 0.2) is 72.9 Å². The van der Waals surface area contributed by atoms with Crippen molar-refractivity contribution in [2.24, 2.45) is 0 Å². The van der Waals surface area contributed by atoms with Gasteiger partial charge in [0.25, 0.3) is 0 Å². The van der Waals surface area contributed by atoms with Crippen molar-refractivity contribution >= 4 is 34.6 Å². The molecule has 39 heavy (non-hydrogen) atoms. The molecule has 0 atom stereocenters. The van der Waals surface area contributed by atoms with E-state index in [1.807, 2.05) is 48.5 Å². The Bertz CT molecular complexity index is 1500. The molecule has 6 nitrogen and oxygen atoms in total. The summed E-state index contributed by atoms with van der Waals surface area (Å²) in [6.07, 6.45) is 9.67. The molecule has 2 heterocycles. The lowest BCUT2D eigenvalue weighted by Gasteiger charge is -2.29. The van der Waals surface area contributed by atoms with Crippen LogP contribution in [-0.4, -0.2) is 52.4 Å². The minimum absolute atomic E-state index is 0.200. The number of ether oxygens (including phenoxy) is 1. The first-order chi connectivity index (χ1) is 18.9. The Balaban J connectivity index is 1.41. The van der Waals surface area contributed by atoms with E-state index in [9.17, 15) is 4.79 Å². The minimum Gasteiger partial charge on any atom is -0.490 e. The number of nitrogens with zero attached hydrogens (tertiary/aromatic N) is 2. The van der Waals surface area contributed by atoms with E-state index in [2.05, 4.69) is 40.4 Å². The van der Waals surface area contributed by atoms with Gasteiger partial charge in [-0.05, 0) is 84.8 Å². The van der Waals surface area contributed by atoms with Crippen LogP contribution >= 0.6 is 0 Å². The minimum atomic E-state index is -0.982. The Morgan fingerprint density at radius 1 is 1.13 bits per heavy atom. The number of aryl methyl sites for hydroxylation is 1. The molecule has 0 amide bonds. The second-order valence-corrected chi connectivity index (χ2v) is 10.0. The number of piperidine rings is 1. The SMILES string of the molecule is CN1CCC(Oc2cccc(/C(=C/c3ccc(/C=C/C(=O)O)cc3)CCc3ccc4[nH]ncc4c3F)c2)CC1. The number of aromatic nitrogens is 2. The van der Waals surface area contributed by atoms with E-state index in [0.717, 1.165) is 60.0 Å². The van der Waals surface area contributed by atoms with E-state index >= 15 is 4.39 Å². The maximum Gasteiger partial charge on any atom is 0.328 e. The van der Waals surface area contributed by atoms with Gasteiger partial charge in [-0.25, -0.2) is 9.18 Å². The van der Waals surface area contributed by atoms with Crippen molar-refractivity contribution in [3.05, 3.63) is 101 Å². The number of nitrogens with one attached hydrogen (secondary N) is 1. The number of fused-ring (bicyclic) bond motifs is 1. The first-order valence-electron chi connectivity index (χ1n) is 13.2. The number of carbonyl (C=O) groups is 1. The maximum absolute atomic E-state index is 15.2. The van der Waals surface area contributed by atoms with Crippen molar-refractivity contribution in [1.82, 2.24) is 15.1 Å². The summed E-state index contributed by atoms with van der Waals surface area (Å²) >= 11 is 0. The molecule has 5 rings (SSSR count). The number of H-pyrrole nitrogens is 1. The van der Waals surface area contributed by atoms with Crippen molar-refractivity contribution in [2.75, 3.05) is 20.1 Å². The average Bonchev–Trinajstić information content (AvgIpc) is 3.43. The van der Waals surface area contributed by atoms with E-state index in [1.165, 1.54) is 6.20 Å². The zero-order chi connectivity index (χ0) is 27.2. The number of hydrogen-bond donors (Lipinski definition) is 2. The van der Waals surface area contributed by atoms with Gasteiger partial charge in [-0.15, -0.1) is 0 Å². The van der Waals surface area contributed by atoms with Gasteiger partial charge >= 0.3 is 5.97 Å². The molecule has 0 bridgehead atoms. The van der Waals surface area contributed by atoms with Crippen LogP contribution in [-0.2, 0) is 11.2 Å². The number of benzene rings is 3. The van der Waals surface area contributed by atoms with Crippen LogP contribution in [0.1, 0.15) is 41.5 Å². The van der Waals surface area contributed by atoms with Crippen LogP contribution in [0.5, 0.6) is 5.75 Å². The summed E-state index contributed by atoms with van der Waals surface area (Å²) in [6, 6.07) is 19.5. The third-order valence-corrected chi connectivity index (χ3v) is 7.17. The topological polar surface area (TPSA) is 78.5 Å². The Hall–Kier alpha value is -4.23. The number of aromatic amines is 1. The van der Waals surface area contributed by atoms with Crippen molar-refractivity contribution in [3.63, 3.8) is 0 Å². The fraction of sp³-hybridized carbons (Fsp3) is 0.250. The highest BCUT2D eigenvalue weighted by Crippen LogP contribution is 2.29. The standard InChI is InChI=1S/C32H32FN3O3/c1-36-17-15-27(16-18-36)39-28-4-2-3-25(20-28)26(19-23-7-5-22(6-8-23)9-14-31(37)38)11-10-24-12-13-30-29(32(24)33)21-34-35-30/h2-9,12-14,19-21,27H,10-11,15-18H2,1H3,(H,34,35)(H,37,38)/b14-9+,26-19+. The smallest absolute Gasteiger partial charge is 0.328 e. The largest absolute Gasteiger partial charge is 0.490 e. The zero-order valence-corrected chi connectivity index (χ0v) is 21.9. The van der Waals surface area contributed by atoms with Crippen LogP contribution in [0, 0.1) is 5.82 Å². The van der Waals surface area contributed by atoms with Crippen LogP contribution in [0.3, 0.4) is 0 Å². The van der Waals surface area contributed by atoms with Crippen molar-refractivity contribution in [2.45, 2.75) is 31.8 Å². The third-order valence-electron chi connectivity index (χ3n) is 7.17. The van der Waals surface area contributed by atoms with Crippen LogP contribution in [0.4, 0.5) is 4.39 Å². The summed E-state index contributed by atoms with van der Waals surface area (Å²) in [5.41, 5.74) is 5.19. The van der Waals surface area contributed by atoms with Crippen LogP contribution < -0.4 is 4.74 Å². The Labute approximate surface area is 227 Å². The number of hydrogen-bond acceptors (Lipinski definition) is 4. The molecule has 2 N–H and O–H groups in total. The molecule has 200 valence electrons. The number of carboxylic acids is 1. The summed E-state index contributed by atoms with van der Waals surface area (Å²) in [5, 5.41) is 16.2. The molecule has 1 aromatic heterocycles. The molecule has 0 unspecified atom stereocenters. The Morgan fingerprint density at radius 3 is 2.67 bits per heavy atom. The third kappa shape index (κ3) is 6.81. The summed E-state index contributed by atoms with van der Waals surface area (Å²) in [5.74, 6) is -0.382. The fourth-order valence-corrected chi connectivity index (χ4v) is 4.93. The number of rotatable bonds is 9. The number of halogens is 1. The first kappa shape index (κ1) is 26.4. The molecule has 0 radical (unpaired) electrons. The fourth-order valence-electron chi connectivity index (χ4n) is 4.93. The maximum atomic E-state index is 15.2. The molecule has 1 saturated heterocycles. The van der Waals surface area contributed by atoms with Gasteiger partial charge in [-0.3, -0.25) is 5.10 Å². The second kappa shape index (κ2) is 12.1. The molecule has 0 saturated carbocycles. The van der Waals surface area contributed by atoms with Gasteiger partial charge in [0.2, 0.25) is 0 Å². The van der Waals surface area contributed by atoms with E-state index in [-0.39, 0.29) is 11.9 Å². The number of likely N-dealkylation sites (tertiary alicyclic amines) is 1. The predicted molar refractivity (Wildman–Crippen MR) is 153 cm³/mol. The number of aliphatic carboxylic acids is 1. The lowest BCUT2D eigenvalue weighted by Crippen LogP contribution is -2.35. The van der Waals surface area contributed by atoms with Gasteiger partial charge in [0.1, 0.15) is 17.7 Å². The number of allylic oxidation sites excluding steroid dienone is 1. The average molecular weight is 526 g/mol. The van der Waals surface area contributed by atoms with Gasteiger partial charge in [0.15, 0.2) is 0 Å². The highest BCUT2D eigenvalue weighted by atomic mass is 19.1. The lowest BCUT2D eigenvalue weighted by atomic mass is 9.95.